The maximum absolute atomic E-state index is 13.3. The highest BCUT2D eigenvalue weighted by molar-refractivity contribution is 5.93. The van der Waals surface area contributed by atoms with E-state index in [0.717, 1.165) is 51.9 Å². The van der Waals surface area contributed by atoms with Crippen LogP contribution in [0.2, 0.25) is 0 Å². The summed E-state index contributed by atoms with van der Waals surface area (Å²) in [6.45, 7) is 6.72. The first kappa shape index (κ1) is 26.0. The molecule has 0 heterocycles. The molecule has 0 spiro atoms. The third-order valence-electron chi connectivity index (χ3n) is 9.54. The Morgan fingerprint density at radius 1 is 1.00 bits per heavy atom. The van der Waals surface area contributed by atoms with Gasteiger partial charge in [-0.1, -0.05) is 25.5 Å². The zero-order chi connectivity index (χ0) is 25.8. The van der Waals surface area contributed by atoms with E-state index in [-0.39, 0.29) is 28.8 Å². The Hall–Kier alpha value is -2.12. The lowest BCUT2D eigenvalue weighted by Gasteiger charge is -2.58. The van der Waals surface area contributed by atoms with Crippen LogP contribution in [0.15, 0.2) is 23.5 Å². The van der Waals surface area contributed by atoms with Crippen LogP contribution in [-0.2, 0) is 23.9 Å². The fraction of sp³-hybridized carbons (Fsp3) is 0.741. The van der Waals surface area contributed by atoms with Gasteiger partial charge in [0, 0.05) is 32.3 Å². The lowest BCUT2D eigenvalue weighted by Crippen LogP contribution is -2.51. The largest absolute Gasteiger partial charge is 0.462 e. The van der Waals surface area contributed by atoms with Crippen LogP contribution in [0.4, 0.5) is 13.2 Å². The molecule has 0 unspecified atom stereocenters. The summed E-state index contributed by atoms with van der Waals surface area (Å²) < 4.78 is 49.9. The van der Waals surface area contributed by atoms with Crippen LogP contribution in [0.1, 0.15) is 79.1 Å². The molecule has 0 aliphatic heterocycles. The van der Waals surface area contributed by atoms with Gasteiger partial charge in [-0.3, -0.25) is 14.4 Å². The molecular formula is C27H35F3O5. The van der Waals surface area contributed by atoms with Crippen LogP contribution in [0.5, 0.6) is 0 Å². The summed E-state index contributed by atoms with van der Waals surface area (Å²) in [5.74, 6) is -2.90. The van der Waals surface area contributed by atoms with Crippen molar-refractivity contribution in [1.29, 1.82) is 0 Å². The summed E-state index contributed by atoms with van der Waals surface area (Å²) in [5, 5.41) is 0. The number of halogens is 3. The van der Waals surface area contributed by atoms with E-state index >= 15 is 0 Å². The van der Waals surface area contributed by atoms with Gasteiger partial charge >= 0.3 is 18.1 Å². The van der Waals surface area contributed by atoms with Crippen molar-refractivity contribution in [1.82, 2.24) is 0 Å². The number of fused-ring (bicyclic) bond motifs is 5. The van der Waals surface area contributed by atoms with Crippen LogP contribution < -0.4 is 0 Å². The quantitative estimate of drug-likeness (QED) is 0.204. The van der Waals surface area contributed by atoms with Crippen LogP contribution in [0.3, 0.4) is 0 Å². The number of esters is 2. The molecule has 3 saturated carbocycles. The van der Waals surface area contributed by atoms with Crippen molar-refractivity contribution in [2.24, 2.45) is 34.5 Å². The zero-order valence-corrected chi connectivity index (χ0v) is 20.9. The fourth-order valence-corrected chi connectivity index (χ4v) is 7.98. The van der Waals surface area contributed by atoms with Gasteiger partial charge < -0.3 is 9.47 Å². The number of ketones is 1. The molecule has 35 heavy (non-hydrogen) atoms. The van der Waals surface area contributed by atoms with Crippen LogP contribution in [0.25, 0.3) is 0 Å². The average molecular weight is 497 g/mol. The molecule has 4 rings (SSSR count). The number of allylic oxidation sites excluding steroid dienone is 3. The number of hydrogen-bond donors (Lipinski definition) is 0. The van der Waals surface area contributed by atoms with E-state index in [1.54, 1.807) is 0 Å². The number of alkyl halides is 3. The van der Waals surface area contributed by atoms with Crippen molar-refractivity contribution in [3.05, 3.63) is 23.5 Å². The number of rotatable bonds is 4. The molecule has 3 fully saturated rings. The summed E-state index contributed by atoms with van der Waals surface area (Å²) in [4.78, 5) is 35.7. The van der Waals surface area contributed by atoms with E-state index in [4.69, 9.17) is 4.74 Å². The first-order valence-corrected chi connectivity index (χ1v) is 12.6. The second-order valence-electron chi connectivity index (χ2n) is 11.4. The standard InChI is InChI=1S/C27H35F3O5/c1-15(31)34-18-9-11-25(3)17(13-18)5-6-19-20-7-8-22(26(20,4)12-10-21(19)25)23(33)14-24(27(28,29)30)35-16(2)32/h5,14,18-22H,6-13H2,1-4H3/b24-14-/t18-,19+,20+,21+,22-,25+,26+/m1/s1. The predicted octanol–water partition coefficient (Wildman–Crippen LogP) is 6.08. The Balaban J connectivity index is 1.55. The van der Waals surface area contributed by atoms with Crippen molar-refractivity contribution < 1.29 is 37.0 Å². The molecule has 7 atom stereocenters. The molecule has 0 saturated heterocycles. The molecule has 0 bridgehead atoms. The maximum atomic E-state index is 13.3. The van der Waals surface area contributed by atoms with E-state index in [0.29, 0.717) is 24.3 Å². The minimum atomic E-state index is -4.90. The Labute approximate surface area is 204 Å². The molecule has 4 aliphatic rings. The first-order chi connectivity index (χ1) is 16.3. The van der Waals surface area contributed by atoms with Crippen molar-refractivity contribution >= 4 is 17.7 Å². The molecule has 0 aromatic carbocycles. The lowest BCUT2D eigenvalue weighted by atomic mass is 9.47. The van der Waals surface area contributed by atoms with Gasteiger partial charge in [0.25, 0.3) is 0 Å². The topological polar surface area (TPSA) is 69.7 Å². The van der Waals surface area contributed by atoms with Gasteiger partial charge in [-0.2, -0.15) is 13.2 Å². The van der Waals surface area contributed by atoms with Crippen molar-refractivity contribution in [3.63, 3.8) is 0 Å². The molecule has 0 aromatic rings. The third-order valence-corrected chi connectivity index (χ3v) is 9.54. The van der Waals surface area contributed by atoms with E-state index < -0.39 is 29.6 Å². The highest BCUT2D eigenvalue weighted by Crippen LogP contribution is 2.66. The molecule has 8 heteroatoms. The second-order valence-corrected chi connectivity index (χ2v) is 11.4. The molecular weight excluding hydrogens is 461 g/mol. The van der Waals surface area contributed by atoms with Gasteiger partial charge in [0.05, 0.1) is 0 Å². The van der Waals surface area contributed by atoms with Gasteiger partial charge in [0.2, 0.25) is 5.76 Å². The summed E-state index contributed by atoms with van der Waals surface area (Å²) in [7, 11) is 0. The molecule has 0 amide bonds. The highest BCUT2D eigenvalue weighted by atomic mass is 19.4. The van der Waals surface area contributed by atoms with E-state index in [9.17, 15) is 27.6 Å². The zero-order valence-electron chi connectivity index (χ0n) is 20.9. The summed E-state index contributed by atoms with van der Waals surface area (Å²) in [6.07, 6.45) is 4.34. The Morgan fingerprint density at radius 3 is 2.34 bits per heavy atom. The van der Waals surface area contributed by atoms with Crippen LogP contribution in [0, 0.1) is 34.5 Å². The smallest absolute Gasteiger partial charge is 0.449 e. The van der Waals surface area contributed by atoms with Gasteiger partial charge in [-0.25, -0.2) is 0 Å². The van der Waals surface area contributed by atoms with Gasteiger partial charge in [0.15, 0.2) is 5.78 Å². The van der Waals surface area contributed by atoms with E-state index in [1.165, 1.54) is 12.5 Å². The van der Waals surface area contributed by atoms with Crippen molar-refractivity contribution in [3.8, 4) is 0 Å². The molecule has 0 radical (unpaired) electrons. The predicted molar refractivity (Wildman–Crippen MR) is 122 cm³/mol. The summed E-state index contributed by atoms with van der Waals surface area (Å²) in [6, 6.07) is 0. The fourth-order valence-electron chi connectivity index (χ4n) is 7.98. The number of hydrogen-bond acceptors (Lipinski definition) is 5. The van der Waals surface area contributed by atoms with Gasteiger partial charge in [-0.05, 0) is 73.5 Å². The number of carbonyl (C=O) groups excluding carboxylic acids is 3. The van der Waals surface area contributed by atoms with Gasteiger partial charge in [-0.15, -0.1) is 0 Å². The third kappa shape index (κ3) is 4.69. The number of carbonyl (C=O) groups is 3. The van der Waals surface area contributed by atoms with Crippen molar-refractivity contribution in [2.75, 3.05) is 0 Å². The molecule has 194 valence electrons. The summed E-state index contributed by atoms with van der Waals surface area (Å²) in [5.41, 5.74) is 1.02. The number of ether oxygens (including phenoxy) is 2. The molecule has 0 N–H and O–H groups in total. The monoisotopic (exact) mass is 496 g/mol. The van der Waals surface area contributed by atoms with Crippen LogP contribution >= 0.6 is 0 Å². The summed E-state index contributed by atoms with van der Waals surface area (Å²) >= 11 is 0. The second kappa shape index (κ2) is 9.07. The normalized spacial score (nSPS) is 39.0. The van der Waals surface area contributed by atoms with E-state index in [2.05, 4.69) is 24.7 Å². The highest BCUT2D eigenvalue weighted by Gasteiger charge is 2.60. The van der Waals surface area contributed by atoms with Crippen molar-refractivity contribution in [2.45, 2.75) is 91.3 Å². The average Bonchev–Trinajstić information content (AvgIpc) is 3.09. The Morgan fingerprint density at radius 2 is 1.71 bits per heavy atom. The molecule has 5 nitrogen and oxygen atoms in total. The lowest BCUT2D eigenvalue weighted by molar-refractivity contribution is -0.158. The Kier molecular flexibility index (Phi) is 6.73. The molecule has 0 aromatic heterocycles. The minimum absolute atomic E-state index is 0.0294. The Bertz CT molecular complexity index is 966. The minimum Gasteiger partial charge on any atom is -0.462 e. The molecule has 4 aliphatic carbocycles. The maximum Gasteiger partial charge on any atom is 0.449 e. The SMILES string of the molecule is CC(=O)O/C(=C\C(=O)[C@H]1CC[C@H]2[C@@H]3CC=C4C[C@H](OC(C)=O)CC[C@]4(C)[C@H]3CC[C@]12C)C(F)(F)F. The first-order valence-electron chi connectivity index (χ1n) is 12.6. The van der Waals surface area contributed by atoms with Crippen LogP contribution in [-0.4, -0.2) is 30.0 Å². The van der Waals surface area contributed by atoms with E-state index in [1.807, 2.05) is 0 Å². The van der Waals surface area contributed by atoms with Gasteiger partial charge in [0.1, 0.15) is 6.10 Å².